The van der Waals surface area contributed by atoms with Crippen LogP contribution in [0.1, 0.15) is 35.2 Å². The zero-order valence-corrected chi connectivity index (χ0v) is 9.85. The molecule has 1 unspecified atom stereocenters. The highest BCUT2D eigenvalue weighted by atomic mass is 16.5. The molecule has 2 heterocycles. The summed E-state index contributed by atoms with van der Waals surface area (Å²) in [5.41, 5.74) is 6.12. The molecule has 5 heteroatoms. The lowest BCUT2D eigenvalue weighted by Crippen LogP contribution is -2.27. The third-order valence-electron chi connectivity index (χ3n) is 3.12. The summed E-state index contributed by atoms with van der Waals surface area (Å²) in [6.07, 6.45) is 1.85. The van der Waals surface area contributed by atoms with Gasteiger partial charge in [-0.25, -0.2) is 4.79 Å². The van der Waals surface area contributed by atoms with Crippen LogP contribution in [0.5, 0.6) is 0 Å². The summed E-state index contributed by atoms with van der Waals surface area (Å²) in [7, 11) is 1.32. The van der Waals surface area contributed by atoms with Crippen molar-refractivity contribution in [2.45, 2.75) is 18.9 Å². The standard InChI is InChI=1S/C12H17NO4/c1-15-12(14)10-3-2-9(17-10)11(13)8-4-6-16-7-5-8/h2-3,8,11H,4-7,13H2,1H3. The largest absolute Gasteiger partial charge is 0.463 e. The van der Waals surface area contributed by atoms with E-state index < -0.39 is 5.97 Å². The fourth-order valence-corrected chi connectivity index (χ4v) is 2.05. The van der Waals surface area contributed by atoms with Crippen molar-refractivity contribution in [2.75, 3.05) is 20.3 Å². The van der Waals surface area contributed by atoms with E-state index in [9.17, 15) is 4.79 Å². The number of nitrogens with two attached hydrogens (primary N) is 1. The molecule has 2 rings (SSSR count). The lowest BCUT2D eigenvalue weighted by atomic mass is 9.91. The van der Waals surface area contributed by atoms with E-state index >= 15 is 0 Å². The fraction of sp³-hybridized carbons (Fsp3) is 0.583. The van der Waals surface area contributed by atoms with Gasteiger partial charge in [-0.3, -0.25) is 0 Å². The molecular formula is C12H17NO4. The van der Waals surface area contributed by atoms with Crippen LogP contribution in [-0.2, 0) is 9.47 Å². The molecule has 2 N–H and O–H groups in total. The molecule has 5 nitrogen and oxygen atoms in total. The minimum absolute atomic E-state index is 0.183. The SMILES string of the molecule is COC(=O)c1ccc(C(N)C2CCOCC2)o1. The van der Waals surface area contributed by atoms with E-state index in [0.29, 0.717) is 11.7 Å². The summed E-state index contributed by atoms with van der Waals surface area (Å²) >= 11 is 0. The van der Waals surface area contributed by atoms with Crippen LogP contribution in [0.4, 0.5) is 0 Å². The smallest absolute Gasteiger partial charge is 0.373 e. The first kappa shape index (κ1) is 12.1. The molecule has 1 aromatic heterocycles. The van der Waals surface area contributed by atoms with Crippen LogP contribution in [0.3, 0.4) is 0 Å². The van der Waals surface area contributed by atoms with Crippen molar-refractivity contribution in [3.05, 3.63) is 23.7 Å². The average molecular weight is 239 g/mol. The summed E-state index contributed by atoms with van der Waals surface area (Å²) in [4.78, 5) is 11.2. The lowest BCUT2D eigenvalue weighted by Gasteiger charge is -2.26. The Kier molecular flexibility index (Phi) is 3.81. The molecule has 1 aliphatic heterocycles. The Morgan fingerprint density at radius 2 is 2.18 bits per heavy atom. The first-order chi connectivity index (χ1) is 8.22. The average Bonchev–Trinajstić information content (AvgIpc) is 2.87. The molecular weight excluding hydrogens is 222 g/mol. The first-order valence-corrected chi connectivity index (χ1v) is 5.73. The Hall–Kier alpha value is -1.33. The number of furan rings is 1. The Bertz CT molecular complexity index is 382. The van der Waals surface area contributed by atoms with Gasteiger partial charge in [0.25, 0.3) is 0 Å². The molecule has 1 saturated heterocycles. The van der Waals surface area contributed by atoms with Gasteiger partial charge in [0.2, 0.25) is 5.76 Å². The lowest BCUT2D eigenvalue weighted by molar-refractivity contribution is 0.0523. The molecule has 0 bridgehead atoms. The minimum atomic E-state index is -0.476. The summed E-state index contributed by atoms with van der Waals surface area (Å²) in [6, 6.07) is 3.16. The van der Waals surface area contributed by atoms with Crippen molar-refractivity contribution in [3.8, 4) is 0 Å². The zero-order chi connectivity index (χ0) is 12.3. The Morgan fingerprint density at radius 3 is 2.82 bits per heavy atom. The van der Waals surface area contributed by atoms with Gasteiger partial charge >= 0.3 is 5.97 Å². The summed E-state index contributed by atoms with van der Waals surface area (Å²) < 4.78 is 15.3. The van der Waals surface area contributed by atoms with Gasteiger partial charge in [0, 0.05) is 13.2 Å². The summed E-state index contributed by atoms with van der Waals surface area (Å²) in [5.74, 6) is 0.707. The summed E-state index contributed by atoms with van der Waals surface area (Å²) in [5, 5.41) is 0. The maximum absolute atomic E-state index is 11.2. The second-order valence-corrected chi connectivity index (χ2v) is 4.17. The van der Waals surface area contributed by atoms with E-state index in [4.69, 9.17) is 14.9 Å². The monoisotopic (exact) mass is 239 g/mol. The van der Waals surface area contributed by atoms with E-state index in [1.807, 2.05) is 0 Å². The normalized spacial score (nSPS) is 18.9. The molecule has 0 aliphatic carbocycles. The number of hydrogen-bond acceptors (Lipinski definition) is 5. The third kappa shape index (κ3) is 2.68. The van der Waals surface area contributed by atoms with Gasteiger partial charge in [0.15, 0.2) is 0 Å². The number of methoxy groups -OCH3 is 1. The van der Waals surface area contributed by atoms with E-state index in [1.54, 1.807) is 12.1 Å². The van der Waals surface area contributed by atoms with E-state index in [0.717, 1.165) is 26.1 Å². The van der Waals surface area contributed by atoms with Crippen molar-refractivity contribution >= 4 is 5.97 Å². The van der Waals surface area contributed by atoms with Gasteiger partial charge in [-0.2, -0.15) is 0 Å². The highest BCUT2D eigenvalue weighted by Crippen LogP contribution is 2.29. The van der Waals surface area contributed by atoms with Gasteiger partial charge in [-0.15, -0.1) is 0 Å². The van der Waals surface area contributed by atoms with Gasteiger partial charge in [-0.05, 0) is 30.9 Å². The minimum Gasteiger partial charge on any atom is -0.463 e. The number of carbonyl (C=O) groups is 1. The highest BCUT2D eigenvalue weighted by molar-refractivity contribution is 5.86. The van der Waals surface area contributed by atoms with Crippen LogP contribution in [0.15, 0.2) is 16.5 Å². The molecule has 1 aromatic rings. The molecule has 0 aromatic carbocycles. The molecule has 17 heavy (non-hydrogen) atoms. The van der Waals surface area contributed by atoms with Gasteiger partial charge < -0.3 is 19.6 Å². The van der Waals surface area contributed by atoms with Crippen LogP contribution < -0.4 is 5.73 Å². The second kappa shape index (κ2) is 5.33. The number of hydrogen-bond donors (Lipinski definition) is 1. The van der Waals surface area contributed by atoms with E-state index in [1.165, 1.54) is 7.11 Å². The maximum Gasteiger partial charge on any atom is 0.373 e. The molecule has 0 amide bonds. The van der Waals surface area contributed by atoms with Crippen LogP contribution in [-0.4, -0.2) is 26.3 Å². The second-order valence-electron chi connectivity index (χ2n) is 4.17. The predicted octanol–water partition coefficient (Wildman–Crippen LogP) is 1.49. The van der Waals surface area contributed by atoms with Crippen molar-refractivity contribution < 1.29 is 18.7 Å². The maximum atomic E-state index is 11.2. The van der Waals surface area contributed by atoms with E-state index in [2.05, 4.69) is 4.74 Å². The molecule has 0 radical (unpaired) electrons. The quantitative estimate of drug-likeness (QED) is 0.809. The Balaban J connectivity index is 2.05. The van der Waals surface area contributed by atoms with Crippen molar-refractivity contribution in [2.24, 2.45) is 11.7 Å². The predicted molar refractivity (Wildman–Crippen MR) is 60.5 cm³/mol. The zero-order valence-electron chi connectivity index (χ0n) is 9.85. The number of rotatable bonds is 3. The van der Waals surface area contributed by atoms with Gasteiger partial charge in [0.05, 0.1) is 13.2 Å². The van der Waals surface area contributed by atoms with E-state index in [-0.39, 0.29) is 11.8 Å². The Labute approximate surface area is 99.9 Å². The fourth-order valence-electron chi connectivity index (χ4n) is 2.05. The number of carbonyl (C=O) groups excluding carboxylic acids is 1. The Morgan fingerprint density at radius 1 is 1.47 bits per heavy atom. The van der Waals surface area contributed by atoms with Crippen LogP contribution in [0.25, 0.3) is 0 Å². The van der Waals surface area contributed by atoms with Crippen LogP contribution >= 0.6 is 0 Å². The molecule has 1 fully saturated rings. The first-order valence-electron chi connectivity index (χ1n) is 5.73. The molecule has 0 spiro atoms. The van der Waals surface area contributed by atoms with Crippen LogP contribution in [0, 0.1) is 5.92 Å². The molecule has 1 aliphatic rings. The molecule has 94 valence electrons. The van der Waals surface area contributed by atoms with Gasteiger partial charge in [0.1, 0.15) is 5.76 Å². The summed E-state index contributed by atoms with van der Waals surface area (Å²) in [6.45, 7) is 1.48. The molecule has 0 saturated carbocycles. The van der Waals surface area contributed by atoms with Crippen molar-refractivity contribution in [1.29, 1.82) is 0 Å². The topological polar surface area (TPSA) is 74.7 Å². The van der Waals surface area contributed by atoms with Crippen molar-refractivity contribution in [1.82, 2.24) is 0 Å². The van der Waals surface area contributed by atoms with Crippen LogP contribution in [0.2, 0.25) is 0 Å². The number of esters is 1. The van der Waals surface area contributed by atoms with Crippen molar-refractivity contribution in [3.63, 3.8) is 0 Å². The number of ether oxygens (including phenoxy) is 2. The van der Waals surface area contributed by atoms with Gasteiger partial charge in [-0.1, -0.05) is 0 Å². The highest BCUT2D eigenvalue weighted by Gasteiger charge is 2.25. The third-order valence-corrected chi connectivity index (χ3v) is 3.12. The molecule has 1 atom stereocenters.